The van der Waals surface area contributed by atoms with Crippen LogP contribution in [0.15, 0.2) is 0 Å². The minimum atomic E-state index is -0.447. The molecule has 0 atom stereocenters. The van der Waals surface area contributed by atoms with E-state index in [0.29, 0.717) is 13.1 Å². The van der Waals surface area contributed by atoms with E-state index in [1.54, 1.807) is 7.05 Å². The van der Waals surface area contributed by atoms with E-state index in [1.807, 2.05) is 6.92 Å². The van der Waals surface area contributed by atoms with Crippen LogP contribution in [0.5, 0.6) is 0 Å². The molecule has 110 valence electrons. The number of nitrogens with one attached hydrogen (secondary N) is 1. The molecule has 2 amide bonds. The number of carbonyl (C=O) groups is 2. The number of nitrogens with two attached hydrogens (primary N) is 1. The molecule has 5 heteroatoms. The molecule has 5 nitrogen and oxygen atoms in total. The number of rotatable bonds is 5. The van der Waals surface area contributed by atoms with Gasteiger partial charge >= 0.3 is 0 Å². The summed E-state index contributed by atoms with van der Waals surface area (Å²) in [5.74, 6) is -0.0812. The standard InChI is InChI=1S/C14H27N3O2/c1-3-16-12(18)10-17(2)13(19)14(11-15)8-6-4-5-7-9-14/h3-11,15H2,1-2H3,(H,16,18). The van der Waals surface area contributed by atoms with E-state index in [4.69, 9.17) is 5.73 Å². The minimum Gasteiger partial charge on any atom is -0.355 e. The van der Waals surface area contributed by atoms with Gasteiger partial charge in [0.15, 0.2) is 0 Å². The third-order valence-corrected chi connectivity index (χ3v) is 4.01. The second kappa shape index (κ2) is 7.48. The van der Waals surface area contributed by atoms with Crippen LogP contribution in [0, 0.1) is 5.41 Å². The summed E-state index contributed by atoms with van der Waals surface area (Å²) in [5.41, 5.74) is 5.44. The predicted molar refractivity (Wildman–Crippen MR) is 75.5 cm³/mol. The number of hydrogen-bond acceptors (Lipinski definition) is 3. The molecule has 0 bridgehead atoms. The Bertz CT molecular complexity index is 310. The lowest BCUT2D eigenvalue weighted by Crippen LogP contribution is -2.49. The summed E-state index contributed by atoms with van der Waals surface area (Å²) >= 11 is 0. The summed E-state index contributed by atoms with van der Waals surface area (Å²) in [7, 11) is 1.69. The zero-order chi connectivity index (χ0) is 14.3. The van der Waals surface area contributed by atoms with Crippen LogP contribution in [0.1, 0.15) is 45.4 Å². The molecule has 0 radical (unpaired) electrons. The van der Waals surface area contributed by atoms with Crippen molar-refractivity contribution in [1.29, 1.82) is 0 Å². The van der Waals surface area contributed by atoms with E-state index in [0.717, 1.165) is 25.7 Å². The Morgan fingerprint density at radius 1 is 1.21 bits per heavy atom. The van der Waals surface area contributed by atoms with Crippen molar-refractivity contribution in [3.63, 3.8) is 0 Å². The van der Waals surface area contributed by atoms with Gasteiger partial charge in [-0.15, -0.1) is 0 Å². The first-order valence-electron chi connectivity index (χ1n) is 7.28. The molecule has 0 unspecified atom stereocenters. The van der Waals surface area contributed by atoms with E-state index < -0.39 is 5.41 Å². The van der Waals surface area contributed by atoms with Crippen molar-refractivity contribution < 1.29 is 9.59 Å². The average Bonchev–Trinajstić information content (AvgIpc) is 2.64. The van der Waals surface area contributed by atoms with Gasteiger partial charge in [0.1, 0.15) is 0 Å². The number of nitrogens with zero attached hydrogens (tertiary/aromatic N) is 1. The summed E-state index contributed by atoms with van der Waals surface area (Å²) in [6.45, 7) is 2.95. The van der Waals surface area contributed by atoms with Gasteiger partial charge < -0.3 is 16.0 Å². The number of hydrogen-bond donors (Lipinski definition) is 2. The van der Waals surface area contributed by atoms with Gasteiger partial charge in [0, 0.05) is 20.1 Å². The summed E-state index contributed by atoms with van der Waals surface area (Å²) in [6, 6.07) is 0. The SMILES string of the molecule is CCNC(=O)CN(C)C(=O)C1(CN)CCCCCC1. The molecular formula is C14H27N3O2. The van der Waals surface area contributed by atoms with Gasteiger partial charge in [-0.05, 0) is 19.8 Å². The van der Waals surface area contributed by atoms with Gasteiger partial charge in [0.25, 0.3) is 0 Å². The smallest absolute Gasteiger partial charge is 0.239 e. The molecular weight excluding hydrogens is 242 g/mol. The quantitative estimate of drug-likeness (QED) is 0.728. The summed E-state index contributed by atoms with van der Waals surface area (Å²) in [4.78, 5) is 25.7. The van der Waals surface area contributed by atoms with Crippen LogP contribution in [0.4, 0.5) is 0 Å². The lowest BCUT2D eigenvalue weighted by Gasteiger charge is -2.33. The maximum atomic E-state index is 12.6. The van der Waals surface area contributed by atoms with Crippen LogP contribution < -0.4 is 11.1 Å². The van der Waals surface area contributed by atoms with Gasteiger partial charge in [0.05, 0.1) is 12.0 Å². The number of carbonyl (C=O) groups excluding carboxylic acids is 2. The zero-order valence-electron chi connectivity index (χ0n) is 12.2. The van der Waals surface area contributed by atoms with Crippen molar-refractivity contribution in [1.82, 2.24) is 10.2 Å². The first-order chi connectivity index (χ1) is 9.05. The molecule has 1 aliphatic carbocycles. The second-order valence-electron chi connectivity index (χ2n) is 5.51. The molecule has 0 spiro atoms. The third-order valence-electron chi connectivity index (χ3n) is 4.01. The summed E-state index contributed by atoms with van der Waals surface area (Å²) in [5, 5.41) is 2.71. The van der Waals surface area contributed by atoms with Crippen molar-refractivity contribution in [2.75, 3.05) is 26.7 Å². The highest BCUT2D eigenvalue weighted by Crippen LogP contribution is 2.35. The van der Waals surface area contributed by atoms with Crippen molar-refractivity contribution in [3.8, 4) is 0 Å². The van der Waals surface area contributed by atoms with Crippen molar-refractivity contribution in [2.24, 2.45) is 11.1 Å². The van der Waals surface area contributed by atoms with Crippen LogP contribution >= 0.6 is 0 Å². The Kier molecular flexibility index (Phi) is 6.28. The van der Waals surface area contributed by atoms with E-state index in [9.17, 15) is 9.59 Å². The Labute approximate surface area is 115 Å². The molecule has 1 saturated carbocycles. The summed E-state index contributed by atoms with van der Waals surface area (Å²) < 4.78 is 0. The third kappa shape index (κ3) is 4.20. The fourth-order valence-corrected chi connectivity index (χ4v) is 2.86. The number of amides is 2. The maximum absolute atomic E-state index is 12.6. The molecule has 1 aliphatic rings. The largest absolute Gasteiger partial charge is 0.355 e. The summed E-state index contributed by atoms with van der Waals surface area (Å²) in [6.07, 6.45) is 6.16. The Morgan fingerprint density at radius 2 is 1.79 bits per heavy atom. The van der Waals surface area contributed by atoms with Gasteiger partial charge in [-0.3, -0.25) is 9.59 Å². The molecule has 1 rings (SSSR count). The molecule has 0 saturated heterocycles. The molecule has 3 N–H and O–H groups in total. The first-order valence-corrected chi connectivity index (χ1v) is 7.28. The van der Waals surface area contributed by atoms with E-state index in [-0.39, 0.29) is 18.4 Å². The Hall–Kier alpha value is -1.10. The van der Waals surface area contributed by atoms with Gasteiger partial charge in [-0.1, -0.05) is 25.7 Å². The minimum absolute atomic E-state index is 0.0307. The van der Waals surface area contributed by atoms with Crippen molar-refractivity contribution in [3.05, 3.63) is 0 Å². The van der Waals surface area contributed by atoms with Crippen LogP contribution in [0.25, 0.3) is 0 Å². The molecule has 0 heterocycles. The Morgan fingerprint density at radius 3 is 2.26 bits per heavy atom. The van der Waals surface area contributed by atoms with Crippen molar-refractivity contribution >= 4 is 11.8 Å². The Balaban J connectivity index is 2.68. The highest BCUT2D eigenvalue weighted by atomic mass is 16.2. The lowest BCUT2D eigenvalue weighted by atomic mass is 9.79. The fraction of sp³-hybridized carbons (Fsp3) is 0.857. The number of likely N-dealkylation sites (N-methyl/N-ethyl adjacent to an activating group) is 2. The normalized spacial score (nSPS) is 18.5. The molecule has 19 heavy (non-hydrogen) atoms. The van der Waals surface area contributed by atoms with Gasteiger partial charge in [-0.2, -0.15) is 0 Å². The molecule has 0 aromatic carbocycles. The zero-order valence-corrected chi connectivity index (χ0v) is 12.2. The molecule has 1 fully saturated rings. The van der Waals surface area contributed by atoms with Crippen LogP contribution in [0.2, 0.25) is 0 Å². The first kappa shape index (κ1) is 16.0. The van der Waals surface area contributed by atoms with Crippen LogP contribution in [0.3, 0.4) is 0 Å². The van der Waals surface area contributed by atoms with E-state index in [1.165, 1.54) is 17.7 Å². The van der Waals surface area contributed by atoms with Gasteiger partial charge in [-0.25, -0.2) is 0 Å². The maximum Gasteiger partial charge on any atom is 0.239 e. The molecule has 0 aromatic heterocycles. The fourth-order valence-electron chi connectivity index (χ4n) is 2.86. The van der Waals surface area contributed by atoms with E-state index >= 15 is 0 Å². The predicted octanol–water partition coefficient (Wildman–Crippen LogP) is 0.880. The van der Waals surface area contributed by atoms with E-state index in [2.05, 4.69) is 5.32 Å². The van der Waals surface area contributed by atoms with Gasteiger partial charge in [0.2, 0.25) is 11.8 Å². The molecule has 0 aromatic rings. The second-order valence-corrected chi connectivity index (χ2v) is 5.51. The van der Waals surface area contributed by atoms with Crippen LogP contribution in [-0.4, -0.2) is 43.4 Å². The topological polar surface area (TPSA) is 75.4 Å². The molecule has 0 aliphatic heterocycles. The lowest BCUT2D eigenvalue weighted by molar-refractivity contribution is -0.144. The monoisotopic (exact) mass is 269 g/mol. The van der Waals surface area contributed by atoms with Crippen molar-refractivity contribution in [2.45, 2.75) is 45.4 Å². The average molecular weight is 269 g/mol. The van der Waals surface area contributed by atoms with Crippen LogP contribution in [-0.2, 0) is 9.59 Å². The highest BCUT2D eigenvalue weighted by Gasteiger charge is 2.39. The highest BCUT2D eigenvalue weighted by molar-refractivity contribution is 5.88.